The van der Waals surface area contributed by atoms with Crippen molar-refractivity contribution in [1.29, 1.82) is 0 Å². The van der Waals surface area contributed by atoms with Gasteiger partial charge in [0.1, 0.15) is 0 Å². The molecule has 1 aliphatic rings. The zero-order valence-electron chi connectivity index (χ0n) is 13.7. The van der Waals surface area contributed by atoms with Gasteiger partial charge in [-0.2, -0.15) is 0 Å². The summed E-state index contributed by atoms with van der Waals surface area (Å²) in [6.45, 7) is 3.90. The third-order valence-corrected chi connectivity index (χ3v) is 4.79. The van der Waals surface area contributed by atoms with Gasteiger partial charge >= 0.3 is 6.03 Å². The fourth-order valence-corrected chi connectivity index (χ4v) is 3.52. The maximum absolute atomic E-state index is 12.2. The maximum atomic E-state index is 12.2. The van der Waals surface area contributed by atoms with Gasteiger partial charge < -0.3 is 15.6 Å². The van der Waals surface area contributed by atoms with Gasteiger partial charge in [-0.05, 0) is 55.5 Å². The molecule has 126 valence electrons. The van der Waals surface area contributed by atoms with Crippen molar-refractivity contribution < 1.29 is 4.79 Å². The van der Waals surface area contributed by atoms with Crippen LogP contribution in [0.4, 0.5) is 4.79 Å². The lowest BCUT2D eigenvalue weighted by atomic mass is 10.1. The minimum atomic E-state index is -0.285. The Hall–Kier alpha value is -2.27. The first kappa shape index (κ1) is 16.6. The molecule has 1 heterocycles. The molecule has 1 atom stereocenters. The molecule has 0 aliphatic heterocycles. The van der Waals surface area contributed by atoms with Crippen molar-refractivity contribution in [2.24, 2.45) is 0 Å². The van der Waals surface area contributed by atoms with E-state index in [4.69, 9.17) is 11.6 Å². The van der Waals surface area contributed by atoms with Crippen molar-refractivity contribution in [1.82, 2.24) is 15.6 Å². The second kappa shape index (κ2) is 6.69. The van der Waals surface area contributed by atoms with Gasteiger partial charge in [0.15, 0.2) is 0 Å². The van der Waals surface area contributed by atoms with E-state index in [9.17, 15) is 9.59 Å². The van der Waals surface area contributed by atoms with Crippen LogP contribution in [-0.4, -0.2) is 11.0 Å². The van der Waals surface area contributed by atoms with Crippen LogP contribution in [0.1, 0.15) is 40.4 Å². The highest BCUT2D eigenvalue weighted by Gasteiger charge is 2.25. The first-order chi connectivity index (χ1) is 11.5. The molecular formula is C18H20ClN3O2. The van der Waals surface area contributed by atoms with Crippen LogP contribution in [0.15, 0.2) is 29.1 Å². The lowest BCUT2D eigenvalue weighted by Gasteiger charge is -2.15. The van der Waals surface area contributed by atoms with E-state index in [2.05, 4.69) is 15.6 Å². The fraction of sp³-hybridized carbons (Fsp3) is 0.333. The Morgan fingerprint density at radius 3 is 2.92 bits per heavy atom. The van der Waals surface area contributed by atoms with E-state index >= 15 is 0 Å². The number of pyridine rings is 1. The molecule has 1 aromatic carbocycles. The van der Waals surface area contributed by atoms with E-state index in [-0.39, 0.29) is 24.2 Å². The number of amides is 2. The van der Waals surface area contributed by atoms with Crippen LogP contribution in [0.5, 0.6) is 0 Å². The SMILES string of the molecule is Cc1cc(C)c(CNC(=O)NC2CCc3c(Cl)cccc32)c(=O)[nH]1. The molecule has 0 spiro atoms. The molecule has 1 unspecified atom stereocenters. The summed E-state index contributed by atoms with van der Waals surface area (Å²) in [5.41, 5.74) is 4.27. The zero-order chi connectivity index (χ0) is 17.3. The van der Waals surface area contributed by atoms with Gasteiger partial charge in [0.2, 0.25) is 0 Å². The van der Waals surface area contributed by atoms with Crippen molar-refractivity contribution in [3.63, 3.8) is 0 Å². The van der Waals surface area contributed by atoms with E-state index in [1.165, 1.54) is 0 Å². The molecule has 0 radical (unpaired) electrons. The summed E-state index contributed by atoms with van der Waals surface area (Å²) < 4.78 is 0. The van der Waals surface area contributed by atoms with Gasteiger partial charge in [0, 0.05) is 16.3 Å². The molecular weight excluding hydrogens is 326 g/mol. The number of aromatic nitrogens is 1. The van der Waals surface area contributed by atoms with Gasteiger partial charge in [-0.15, -0.1) is 0 Å². The van der Waals surface area contributed by atoms with Gasteiger partial charge in [-0.25, -0.2) is 4.79 Å². The number of benzene rings is 1. The number of nitrogens with one attached hydrogen (secondary N) is 3. The monoisotopic (exact) mass is 345 g/mol. The van der Waals surface area contributed by atoms with Crippen LogP contribution in [0, 0.1) is 13.8 Å². The Labute approximate surface area is 145 Å². The van der Waals surface area contributed by atoms with Gasteiger partial charge in [0.25, 0.3) is 5.56 Å². The fourth-order valence-electron chi connectivity index (χ4n) is 3.24. The number of aromatic amines is 1. The number of rotatable bonds is 3. The van der Waals surface area contributed by atoms with Crippen LogP contribution in [0.3, 0.4) is 0 Å². The largest absolute Gasteiger partial charge is 0.334 e. The second-order valence-electron chi connectivity index (χ2n) is 6.17. The molecule has 5 nitrogen and oxygen atoms in total. The molecule has 3 rings (SSSR count). The highest BCUT2D eigenvalue weighted by Crippen LogP contribution is 2.35. The van der Waals surface area contributed by atoms with Gasteiger partial charge in [-0.3, -0.25) is 4.79 Å². The summed E-state index contributed by atoms with van der Waals surface area (Å²) in [5.74, 6) is 0. The van der Waals surface area contributed by atoms with E-state index in [1.54, 1.807) is 0 Å². The molecule has 2 aromatic rings. The smallest absolute Gasteiger partial charge is 0.315 e. The number of halogens is 1. The first-order valence-corrected chi connectivity index (χ1v) is 8.34. The molecule has 1 aliphatic carbocycles. The molecule has 0 bridgehead atoms. The Morgan fingerprint density at radius 1 is 1.38 bits per heavy atom. The van der Waals surface area contributed by atoms with Crippen molar-refractivity contribution in [3.8, 4) is 0 Å². The number of H-pyrrole nitrogens is 1. The summed E-state index contributed by atoms with van der Waals surface area (Å²) in [7, 11) is 0. The Kier molecular flexibility index (Phi) is 4.62. The predicted molar refractivity (Wildman–Crippen MR) is 94.4 cm³/mol. The average Bonchev–Trinajstić information content (AvgIpc) is 2.90. The van der Waals surface area contributed by atoms with Crippen molar-refractivity contribution >= 4 is 17.6 Å². The summed E-state index contributed by atoms with van der Waals surface area (Å²) in [6.07, 6.45) is 1.69. The number of urea groups is 1. The van der Waals surface area contributed by atoms with Crippen LogP contribution in [-0.2, 0) is 13.0 Å². The lowest BCUT2D eigenvalue weighted by Crippen LogP contribution is -2.38. The highest BCUT2D eigenvalue weighted by atomic mass is 35.5. The average molecular weight is 346 g/mol. The minimum absolute atomic E-state index is 0.0453. The Bertz CT molecular complexity index is 845. The molecule has 0 saturated carbocycles. The normalized spacial score (nSPS) is 15.9. The maximum Gasteiger partial charge on any atom is 0.315 e. The number of hydrogen-bond donors (Lipinski definition) is 3. The zero-order valence-corrected chi connectivity index (χ0v) is 14.5. The second-order valence-corrected chi connectivity index (χ2v) is 6.58. The minimum Gasteiger partial charge on any atom is -0.334 e. The first-order valence-electron chi connectivity index (χ1n) is 7.96. The number of hydrogen-bond acceptors (Lipinski definition) is 2. The predicted octanol–water partition coefficient (Wildman–Crippen LogP) is 3.13. The topological polar surface area (TPSA) is 74.0 Å². The summed E-state index contributed by atoms with van der Waals surface area (Å²) >= 11 is 6.19. The molecule has 3 N–H and O–H groups in total. The summed E-state index contributed by atoms with van der Waals surface area (Å²) in [4.78, 5) is 26.9. The van der Waals surface area contributed by atoms with Crippen LogP contribution in [0.2, 0.25) is 5.02 Å². The number of aryl methyl sites for hydroxylation is 2. The van der Waals surface area contributed by atoms with Crippen LogP contribution in [0.25, 0.3) is 0 Å². The van der Waals surface area contributed by atoms with E-state index < -0.39 is 0 Å². The number of carbonyl (C=O) groups excluding carboxylic acids is 1. The molecule has 1 aromatic heterocycles. The molecule has 0 saturated heterocycles. The summed E-state index contributed by atoms with van der Waals surface area (Å²) in [5, 5.41) is 6.48. The molecule has 6 heteroatoms. The highest BCUT2D eigenvalue weighted by molar-refractivity contribution is 6.31. The van der Waals surface area contributed by atoms with E-state index in [1.807, 2.05) is 38.1 Å². The van der Waals surface area contributed by atoms with Gasteiger partial charge in [0.05, 0.1) is 12.6 Å². The van der Waals surface area contributed by atoms with E-state index in [0.717, 1.165) is 40.2 Å². The quantitative estimate of drug-likeness (QED) is 0.799. The molecule has 0 fully saturated rings. The van der Waals surface area contributed by atoms with Crippen molar-refractivity contribution in [2.45, 2.75) is 39.3 Å². The van der Waals surface area contributed by atoms with Gasteiger partial charge in [-0.1, -0.05) is 23.7 Å². The molecule has 2 amide bonds. The van der Waals surface area contributed by atoms with Crippen LogP contribution >= 0.6 is 11.6 Å². The number of fused-ring (bicyclic) bond motifs is 1. The Morgan fingerprint density at radius 2 is 2.17 bits per heavy atom. The van der Waals surface area contributed by atoms with Crippen LogP contribution < -0.4 is 16.2 Å². The van der Waals surface area contributed by atoms with Crippen molar-refractivity contribution in [2.75, 3.05) is 0 Å². The van der Waals surface area contributed by atoms with E-state index in [0.29, 0.717) is 5.56 Å². The lowest BCUT2D eigenvalue weighted by molar-refractivity contribution is 0.236. The molecule has 24 heavy (non-hydrogen) atoms. The van der Waals surface area contributed by atoms with Crippen molar-refractivity contribution in [3.05, 3.63) is 67.6 Å². The standard InChI is InChI=1S/C18H20ClN3O2/c1-10-8-11(2)21-17(23)14(10)9-20-18(24)22-16-7-6-12-13(16)4-3-5-15(12)19/h3-5,8,16H,6-7,9H2,1-2H3,(H,21,23)(H2,20,22,24). The number of carbonyl (C=O) groups is 1. The Balaban J connectivity index is 1.64. The third-order valence-electron chi connectivity index (χ3n) is 4.44. The third kappa shape index (κ3) is 3.31. The summed E-state index contributed by atoms with van der Waals surface area (Å²) in [6, 6.07) is 7.33.